The first kappa shape index (κ1) is 14.5. The first-order chi connectivity index (χ1) is 9.31. The second-order valence-electron chi connectivity index (χ2n) is 5.06. The van der Waals surface area contributed by atoms with Gasteiger partial charge in [0.25, 0.3) is 0 Å². The summed E-state index contributed by atoms with van der Waals surface area (Å²) in [6, 6.07) is 4.15. The van der Waals surface area contributed by atoms with E-state index in [9.17, 15) is 4.79 Å². The van der Waals surface area contributed by atoms with Crippen LogP contribution < -0.4 is 5.32 Å². The Labute approximate surface area is 119 Å². The number of hydrogen-bond donors (Lipinski definition) is 1. The summed E-state index contributed by atoms with van der Waals surface area (Å²) in [5, 5.41) is 5.53. The van der Waals surface area contributed by atoms with E-state index in [0.717, 1.165) is 4.88 Å². The normalized spacial score (nSPS) is 18.8. The summed E-state index contributed by atoms with van der Waals surface area (Å²) in [4.78, 5) is 13.2. The lowest BCUT2D eigenvalue weighted by molar-refractivity contribution is -0.146. The first-order valence-electron chi connectivity index (χ1n) is 7.27. The number of thiophene rings is 1. The summed E-state index contributed by atoms with van der Waals surface area (Å²) < 4.78 is 5.21. The maximum absolute atomic E-state index is 12.1. The van der Waals surface area contributed by atoms with E-state index in [1.165, 1.54) is 38.5 Å². The third kappa shape index (κ3) is 4.32. The van der Waals surface area contributed by atoms with Gasteiger partial charge in [0.1, 0.15) is 6.04 Å². The highest BCUT2D eigenvalue weighted by Crippen LogP contribution is 2.24. The van der Waals surface area contributed by atoms with E-state index in [1.54, 1.807) is 11.3 Å². The monoisotopic (exact) mass is 281 g/mol. The van der Waals surface area contributed by atoms with Gasteiger partial charge in [0.05, 0.1) is 6.61 Å². The van der Waals surface area contributed by atoms with E-state index < -0.39 is 0 Å². The molecule has 1 aromatic rings. The lowest BCUT2D eigenvalue weighted by Crippen LogP contribution is -2.37. The molecule has 0 saturated heterocycles. The molecule has 0 radical (unpaired) electrons. The van der Waals surface area contributed by atoms with Gasteiger partial charge in [0, 0.05) is 10.9 Å². The van der Waals surface area contributed by atoms with Crippen molar-refractivity contribution in [1.29, 1.82) is 0 Å². The number of nitrogens with one attached hydrogen (secondary N) is 1. The Hall–Kier alpha value is -0.870. The van der Waals surface area contributed by atoms with Crippen molar-refractivity contribution >= 4 is 17.3 Å². The van der Waals surface area contributed by atoms with E-state index in [0.29, 0.717) is 12.6 Å². The van der Waals surface area contributed by atoms with E-state index in [1.807, 2.05) is 24.4 Å². The summed E-state index contributed by atoms with van der Waals surface area (Å²) in [5.74, 6) is -0.144. The molecule has 1 fully saturated rings. The Morgan fingerprint density at radius 3 is 2.74 bits per heavy atom. The standard InChI is InChI=1S/C15H23NO2S/c1-2-18-15(17)14(13-10-7-11-19-13)16-12-8-5-3-4-6-9-12/h7,10-12,14,16H,2-6,8-9H2,1H3. The van der Waals surface area contributed by atoms with E-state index >= 15 is 0 Å². The van der Waals surface area contributed by atoms with E-state index in [2.05, 4.69) is 5.32 Å². The summed E-state index contributed by atoms with van der Waals surface area (Å²) in [7, 11) is 0. The van der Waals surface area contributed by atoms with Crippen LogP contribution in [0.3, 0.4) is 0 Å². The van der Waals surface area contributed by atoms with Crippen LogP contribution in [-0.4, -0.2) is 18.6 Å². The van der Waals surface area contributed by atoms with Gasteiger partial charge < -0.3 is 4.74 Å². The van der Waals surface area contributed by atoms with Gasteiger partial charge in [-0.3, -0.25) is 5.32 Å². The average Bonchev–Trinajstić information content (AvgIpc) is 2.80. The fourth-order valence-electron chi connectivity index (χ4n) is 2.63. The van der Waals surface area contributed by atoms with Crippen molar-refractivity contribution in [2.75, 3.05) is 6.61 Å². The molecule has 1 N–H and O–H groups in total. The molecule has 2 rings (SSSR count). The van der Waals surface area contributed by atoms with Crippen LogP contribution in [0.2, 0.25) is 0 Å². The largest absolute Gasteiger partial charge is 0.465 e. The van der Waals surface area contributed by atoms with Crippen LogP contribution in [0.5, 0.6) is 0 Å². The zero-order valence-electron chi connectivity index (χ0n) is 11.6. The minimum atomic E-state index is -0.289. The molecule has 0 aromatic carbocycles. The average molecular weight is 281 g/mol. The van der Waals surface area contributed by atoms with Crippen molar-refractivity contribution in [2.24, 2.45) is 0 Å². The van der Waals surface area contributed by atoms with Crippen LogP contribution in [0, 0.1) is 0 Å². The maximum Gasteiger partial charge on any atom is 0.328 e. The van der Waals surface area contributed by atoms with E-state index in [-0.39, 0.29) is 12.0 Å². The molecule has 0 aliphatic heterocycles. The van der Waals surface area contributed by atoms with Crippen LogP contribution in [0.25, 0.3) is 0 Å². The molecule has 0 amide bonds. The van der Waals surface area contributed by atoms with Gasteiger partial charge in [-0.15, -0.1) is 11.3 Å². The molecule has 0 spiro atoms. The minimum absolute atomic E-state index is 0.144. The van der Waals surface area contributed by atoms with Crippen LogP contribution in [-0.2, 0) is 9.53 Å². The van der Waals surface area contributed by atoms with Gasteiger partial charge in [-0.25, -0.2) is 4.79 Å². The van der Waals surface area contributed by atoms with Gasteiger partial charge in [-0.1, -0.05) is 31.7 Å². The smallest absolute Gasteiger partial charge is 0.328 e. The molecular weight excluding hydrogens is 258 g/mol. The highest BCUT2D eigenvalue weighted by molar-refractivity contribution is 7.10. The van der Waals surface area contributed by atoms with Crippen molar-refractivity contribution in [3.05, 3.63) is 22.4 Å². The van der Waals surface area contributed by atoms with Gasteiger partial charge in [-0.2, -0.15) is 0 Å². The van der Waals surface area contributed by atoms with Crippen molar-refractivity contribution in [1.82, 2.24) is 5.32 Å². The predicted octanol–water partition coefficient (Wildman–Crippen LogP) is 3.66. The molecule has 1 unspecified atom stereocenters. The third-order valence-corrected chi connectivity index (χ3v) is 4.54. The number of carbonyl (C=O) groups is 1. The lowest BCUT2D eigenvalue weighted by atomic mass is 10.1. The molecule has 4 heteroatoms. The van der Waals surface area contributed by atoms with Crippen LogP contribution in [0.15, 0.2) is 17.5 Å². The zero-order valence-corrected chi connectivity index (χ0v) is 12.4. The second kappa shape index (κ2) is 7.65. The van der Waals surface area contributed by atoms with E-state index in [4.69, 9.17) is 4.74 Å². The van der Waals surface area contributed by atoms with Crippen molar-refractivity contribution in [2.45, 2.75) is 57.5 Å². The fourth-order valence-corrected chi connectivity index (χ4v) is 3.40. The number of carbonyl (C=O) groups excluding carboxylic acids is 1. The quantitative estimate of drug-likeness (QED) is 0.661. The fraction of sp³-hybridized carbons (Fsp3) is 0.667. The molecule has 1 saturated carbocycles. The third-order valence-electron chi connectivity index (χ3n) is 3.61. The Balaban J connectivity index is 2.02. The molecule has 19 heavy (non-hydrogen) atoms. The van der Waals surface area contributed by atoms with Crippen LogP contribution in [0.1, 0.15) is 56.4 Å². The molecule has 1 aliphatic rings. The molecule has 1 heterocycles. The zero-order chi connectivity index (χ0) is 13.5. The minimum Gasteiger partial charge on any atom is -0.465 e. The number of ether oxygens (including phenoxy) is 1. The SMILES string of the molecule is CCOC(=O)C(NC1CCCCCC1)c1cccs1. The maximum atomic E-state index is 12.1. The highest BCUT2D eigenvalue weighted by Gasteiger charge is 2.26. The molecule has 1 atom stereocenters. The molecule has 1 aliphatic carbocycles. The molecule has 3 nitrogen and oxygen atoms in total. The summed E-state index contributed by atoms with van der Waals surface area (Å²) in [6.07, 6.45) is 7.50. The molecule has 0 bridgehead atoms. The van der Waals surface area contributed by atoms with Crippen LogP contribution in [0.4, 0.5) is 0 Å². The number of rotatable bonds is 5. The van der Waals surface area contributed by atoms with Crippen molar-refractivity contribution in [3.8, 4) is 0 Å². The Bertz CT molecular complexity index is 370. The van der Waals surface area contributed by atoms with Gasteiger partial charge >= 0.3 is 5.97 Å². The van der Waals surface area contributed by atoms with Gasteiger partial charge in [0.15, 0.2) is 0 Å². The summed E-state index contributed by atoms with van der Waals surface area (Å²) in [6.45, 7) is 2.29. The first-order valence-corrected chi connectivity index (χ1v) is 8.15. The molecule has 106 valence electrons. The lowest BCUT2D eigenvalue weighted by Gasteiger charge is -2.22. The van der Waals surface area contributed by atoms with Gasteiger partial charge in [-0.05, 0) is 31.2 Å². The Kier molecular flexibility index (Phi) is 5.86. The summed E-state index contributed by atoms with van der Waals surface area (Å²) >= 11 is 1.62. The molecular formula is C15H23NO2S. The van der Waals surface area contributed by atoms with Crippen molar-refractivity contribution < 1.29 is 9.53 Å². The topological polar surface area (TPSA) is 38.3 Å². The Morgan fingerprint density at radius 2 is 2.16 bits per heavy atom. The predicted molar refractivity (Wildman–Crippen MR) is 78.3 cm³/mol. The summed E-state index contributed by atoms with van der Waals surface area (Å²) in [5.41, 5.74) is 0. The van der Waals surface area contributed by atoms with Crippen LogP contribution >= 0.6 is 11.3 Å². The highest BCUT2D eigenvalue weighted by atomic mass is 32.1. The Morgan fingerprint density at radius 1 is 1.42 bits per heavy atom. The number of hydrogen-bond acceptors (Lipinski definition) is 4. The second-order valence-corrected chi connectivity index (χ2v) is 6.03. The van der Waals surface area contributed by atoms with Crippen molar-refractivity contribution in [3.63, 3.8) is 0 Å². The molecule has 1 aromatic heterocycles. The number of esters is 1. The van der Waals surface area contributed by atoms with Gasteiger partial charge in [0.2, 0.25) is 0 Å².